The van der Waals surface area contributed by atoms with Crippen LogP contribution >= 0.6 is 0 Å². The van der Waals surface area contributed by atoms with Gasteiger partial charge in [-0.2, -0.15) is 0 Å². The molecule has 2 atom stereocenters. The average Bonchev–Trinajstić information content (AvgIpc) is 2.92. The van der Waals surface area contributed by atoms with Crippen LogP contribution in [0.4, 0.5) is 0 Å². The Morgan fingerprint density at radius 3 is 2.64 bits per heavy atom. The summed E-state index contributed by atoms with van der Waals surface area (Å²) in [6, 6.07) is 6.47. The summed E-state index contributed by atoms with van der Waals surface area (Å²) in [5.74, 6) is 0.193. The second kappa shape index (κ2) is 9.55. The fraction of sp³-hybridized carbons (Fsp3) is 0.545. The molecule has 1 aromatic carbocycles. The van der Waals surface area contributed by atoms with Crippen LogP contribution in [0.25, 0.3) is 6.08 Å². The van der Waals surface area contributed by atoms with Gasteiger partial charge in [-0.3, -0.25) is 9.59 Å². The molecule has 0 spiro atoms. The van der Waals surface area contributed by atoms with Crippen molar-refractivity contribution in [3.8, 4) is 0 Å². The zero-order valence-corrected chi connectivity index (χ0v) is 15.5. The predicted molar refractivity (Wildman–Crippen MR) is 102 cm³/mol. The van der Waals surface area contributed by atoms with E-state index >= 15 is 0 Å². The highest BCUT2D eigenvalue weighted by Crippen LogP contribution is 2.34. The normalized spacial score (nSPS) is 20.5. The fourth-order valence-electron chi connectivity index (χ4n) is 3.64. The number of carboxylic acid groups (broad SMARTS) is 1. The van der Waals surface area contributed by atoms with Gasteiger partial charge >= 0.3 is 5.97 Å². The van der Waals surface area contributed by atoms with Crippen LogP contribution in [0.15, 0.2) is 24.3 Å². The van der Waals surface area contributed by atoms with Crippen LogP contribution in [0.1, 0.15) is 68.1 Å². The van der Waals surface area contributed by atoms with Crippen molar-refractivity contribution in [2.45, 2.75) is 65.2 Å². The van der Waals surface area contributed by atoms with Gasteiger partial charge in [0.2, 0.25) is 0 Å². The number of carbonyl (C=O) groups is 2. The number of hydrogen-bond acceptors (Lipinski definition) is 2. The molecule has 0 heterocycles. The van der Waals surface area contributed by atoms with Gasteiger partial charge in [0, 0.05) is 18.8 Å². The third-order valence-electron chi connectivity index (χ3n) is 5.38. The van der Waals surface area contributed by atoms with Gasteiger partial charge in [0.25, 0.3) is 0 Å². The molecule has 2 rings (SSSR count). The molecule has 136 valence electrons. The van der Waals surface area contributed by atoms with E-state index in [0.717, 1.165) is 38.5 Å². The van der Waals surface area contributed by atoms with Crippen LogP contribution in [-0.2, 0) is 9.59 Å². The topological polar surface area (TPSA) is 54.4 Å². The molecular weight excluding hydrogens is 312 g/mol. The summed E-state index contributed by atoms with van der Waals surface area (Å²) in [6.07, 6.45) is 11.0. The predicted octanol–water partition coefficient (Wildman–Crippen LogP) is 5.34. The maximum Gasteiger partial charge on any atom is 0.303 e. The minimum Gasteiger partial charge on any atom is -0.481 e. The Balaban J connectivity index is 1.82. The summed E-state index contributed by atoms with van der Waals surface area (Å²) in [6.45, 7) is 4.24. The molecule has 1 N–H and O–H groups in total. The Bertz CT molecular complexity index is 630. The standard InChI is InChI=1S/C22H30O3/c1-16-9-10-18(15-17(16)2)11-12-19-13-14-21(23)20(19)7-5-3-4-6-8-22(24)25/h9-12,15,19-20H,3-8,13-14H2,1-2H3,(H,24,25). The van der Waals surface area contributed by atoms with Gasteiger partial charge in [-0.15, -0.1) is 0 Å². The number of carbonyl (C=O) groups excluding carboxylic acids is 1. The summed E-state index contributed by atoms with van der Waals surface area (Å²) in [4.78, 5) is 22.7. The third kappa shape index (κ3) is 6.15. The third-order valence-corrected chi connectivity index (χ3v) is 5.38. The maximum absolute atomic E-state index is 12.2. The lowest BCUT2D eigenvalue weighted by molar-refractivity contribution is -0.137. The summed E-state index contributed by atoms with van der Waals surface area (Å²) >= 11 is 0. The molecule has 1 aliphatic carbocycles. The van der Waals surface area contributed by atoms with Crippen molar-refractivity contribution in [3.05, 3.63) is 41.0 Å². The van der Waals surface area contributed by atoms with Crippen molar-refractivity contribution in [2.75, 3.05) is 0 Å². The Labute approximate surface area is 151 Å². The molecule has 1 aromatic rings. The Hall–Kier alpha value is -1.90. The molecule has 3 nitrogen and oxygen atoms in total. The molecule has 3 heteroatoms. The summed E-state index contributed by atoms with van der Waals surface area (Å²) in [5.41, 5.74) is 3.80. The molecule has 0 aliphatic heterocycles. The van der Waals surface area contributed by atoms with Gasteiger partial charge in [0.1, 0.15) is 5.78 Å². The number of allylic oxidation sites excluding steroid dienone is 1. The lowest BCUT2D eigenvalue weighted by atomic mass is 9.89. The molecule has 25 heavy (non-hydrogen) atoms. The number of carboxylic acids is 1. The first kappa shape index (κ1) is 19.4. The molecule has 0 saturated heterocycles. The Morgan fingerprint density at radius 1 is 1.16 bits per heavy atom. The zero-order chi connectivity index (χ0) is 18.2. The molecule has 0 aromatic heterocycles. The van der Waals surface area contributed by atoms with E-state index in [1.54, 1.807) is 0 Å². The first-order valence-corrected chi connectivity index (χ1v) is 9.47. The second-order valence-corrected chi connectivity index (χ2v) is 7.32. The van der Waals surface area contributed by atoms with Gasteiger partial charge in [-0.25, -0.2) is 0 Å². The summed E-state index contributed by atoms with van der Waals surface area (Å²) in [5, 5.41) is 8.65. The van der Waals surface area contributed by atoms with Crippen molar-refractivity contribution in [3.63, 3.8) is 0 Å². The van der Waals surface area contributed by atoms with Gasteiger partial charge in [-0.05, 0) is 55.7 Å². The van der Waals surface area contributed by atoms with Gasteiger partial charge in [0.15, 0.2) is 0 Å². The molecule has 1 saturated carbocycles. The quantitative estimate of drug-likeness (QED) is 0.617. The smallest absolute Gasteiger partial charge is 0.303 e. The lowest BCUT2D eigenvalue weighted by Crippen LogP contribution is -2.13. The fourth-order valence-corrected chi connectivity index (χ4v) is 3.64. The molecule has 0 bridgehead atoms. The number of benzene rings is 1. The van der Waals surface area contributed by atoms with Crippen LogP contribution in [0, 0.1) is 25.7 Å². The molecule has 1 fully saturated rings. The van der Waals surface area contributed by atoms with E-state index in [1.807, 2.05) is 0 Å². The molecule has 0 amide bonds. The number of Topliss-reactive ketones (excluding diaryl/α,β-unsaturated/α-hetero) is 1. The number of aliphatic carboxylic acids is 1. The monoisotopic (exact) mass is 342 g/mol. The SMILES string of the molecule is Cc1ccc(C=CC2CCC(=O)C2CCCCCCC(=O)O)cc1C. The molecular formula is C22H30O3. The highest BCUT2D eigenvalue weighted by molar-refractivity contribution is 5.84. The van der Waals surface area contributed by atoms with Crippen molar-refractivity contribution in [2.24, 2.45) is 11.8 Å². The lowest BCUT2D eigenvalue weighted by Gasteiger charge is -2.15. The number of ketones is 1. The van der Waals surface area contributed by atoms with Crippen molar-refractivity contribution < 1.29 is 14.7 Å². The molecule has 1 aliphatic rings. The number of unbranched alkanes of at least 4 members (excludes halogenated alkanes) is 3. The minimum atomic E-state index is -0.720. The van der Waals surface area contributed by atoms with Crippen LogP contribution in [0.3, 0.4) is 0 Å². The second-order valence-electron chi connectivity index (χ2n) is 7.32. The highest BCUT2D eigenvalue weighted by atomic mass is 16.4. The van der Waals surface area contributed by atoms with Crippen LogP contribution < -0.4 is 0 Å². The summed E-state index contributed by atoms with van der Waals surface area (Å²) in [7, 11) is 0. The maximum atomic E-state index is 12.2. The van der Waals surface area contributed by atoms with Gasteiger partial charge in [0.05, 0.1) is 0 Å². The number of hydrogen-bond donors (Lipinski definition) is 1. The van der Waals surface area contributed by atoms with Crippen molar-refractivity contribution >= 4 is 17.8 Å². The summed E-state index contributed by atoms with van der Waals surface area (Å²) < 4.78 is 0. The zero-order valence-electron chi connectivity index (χ0n) is 15.5. The van der Waals surface area contributed by atoms with E-state index in [2.05, 4.69) is 44.2 Å². The Kier molecular flexibility index (Phi) is 7.42. The molecule has 2 unspecified atom stereocenters. The van der Waals surface area contributed by atoms with E-state index in [4.69, 9.17) is 5.11 Å². The van der Waals surface area contributed by atoms with Crippen LogP contribution in [-0.4, -0.2) is 16.9 Å². The highest BCUT2D eigenvalue weighted by Gasteiger charge is 2.32. The Morgan fingerprint density at radius 2 is 1.92 bits per heavy atom. The number of aryl methyl sites for hydroxylation is 2. The van der Waals surface area contributed by atoms with Crippen molar-refractivity contribution in [1.82, 2.24) is 0 Å². The van der Waals surface area contributed by atoms with Crippen molar-refractivity contribution in [1.29, 1.82) is 0 Å². The molecule has 0 radical (unpaired) electrons. The van der Waals surface area contributed by atoms with Crippen LogP contribution in [0.5, 0.6) is 0 Å². The van der Waals surface area contributed by atoms with Gasteiger partial charge in [-0.1, -0.05) is 49.6 Å². The van der Waals surface area contributed by atoms with E-state index in [0.29, 0.717) is 18.1 Å². The van der Waals surface area contributed by atoms with Crippen LogP contribution in [0.2, 0.25) is 0 Å². The first-order valence-electron chi connectivity index (χ1n) is 9.47. The average molecular weight is 342 g/mol. The van der Waals surface area contributed by atoms with Gasteiger partial charge < -0.3 is 5.11 Å². The largest absolute Gasteiger partial charge is 0.481 e. The minimum absolute atomic E-state index is 0.155. The first-order chi connectivity index (χ1) is 12.0. The van der Waals surface area contributed by atoms with E-state index < -0.39 is 5.97 Å². The number of rotatable bonds is 9. The van der Waals surface area contributed by atoms with E-state index in [9.17, 15) is 9.59 Å². The van der Waals surface area contributed by atoms with E-state index in [-0.39, 0.29) is 12.3 Å². The van der Waals surface area contributed by atoms with E-state index in [1.165, 1.54) is 16.7 Å².